The number of pyridine rings is 1. The Morgan fingerprint density at radius 3 is 2.35 bits per heavy atom. The van der Waals surface area contributed by atoms with Gasteiger partial charge in [-0.05, 0) is 50.5 Å². The molecule has 6 heteroatoms. The normalized spacial score (nSPS) is 18.7. The molecular weight excluding hydrogens is 346 g/mol. The quantitative estimate of drug-likeness (QED) is 0.820. The lowest BCUT2D eigenvalue weighted by molar-refractivity contribution is 0.255. The van der Waals surface area contributed by atoms with E-state index in [-0.39, 0.29) is 6.04 Å². The van der Waals surface area contributed by atoms with Gasteiger partial charge in [0.2, 0.25) is 10.0 Å². The van der Waals surface area contributed by atoms with Crippen molar-refractivity contribution in [3.63, 3.8) is 0 Å². The fourth-order valence-corrected chi connectivity index (χ4v) is 5.18. The molecule has 0 radical (unpaired) electrons. The van der Waals surface area contributed by atoms with Crippen LogP contribution in [0.5, 0.6) is 0 Å². The van der Waals surface area contributed by atoms with E-state index in [4.69, 9.17) is 0 Å². The first-order valence-corrected chi connectivity index (χ1v) is 10.5. The number of hydrogen-bond acceptors (Lipinski definition) is 4. The fraction of sp³-hybridized carbons (Fsp3) is 0.450. The largest absolute Gasteiger partial charge is 0.363 e. The molecule has 0 spiro atoms. The molecule has 1 aliphatic heterocycles. The fourth-order valence-electron chi connectivity index (χ4n) is 3.51. The lowest BCUT2D eigenvalue weighted by Crippen LogP contribution is -2.38. The van der Waals surface area contributed by atoms with Gasteiger partial charge in [0, 0.05) is 26.3 Å². The van der Waals surface area contributed by atoms with Crippen LogP contribution >= 0.6 is 0 Å². The van der Waals surface area contributed by atoms with Crippen LogP contribution in [0.4, 0.5) is 5.82 Å². The summed E-state index contributed by atoms with van der Waals surface area (Å²) in [5.41, 5.74) is 2.96. The number of anilines is 1. The highest BCUT2D eigenvalue weighted by atomic mass is 32.2. The summed E-state index contributed by atoms with van der Waals surface area (Å²) in [5, 5.41) is 0. The Morgan fingerprint density at radius 2 is 1.73 bits per heavy atom. The lowest BCUT2D eigenvalue weighted by Gasteiger charge is -2.35. The minimum atomic E-state index is -3.52. The first kappa shape index (κ1) is 18.9. The van der Waals surface area contributed by atoms with E-state index in [0.717, 1.165) is 41.9 Å². The van der Waals surface area contributed by atoms with Crippen LogP contribution in [0.2, 0.25) is 0 Å². The highest BCUT2D eigenvalue weighted by Crippen LogP contribution is 2.36. The van der Waals surface area contributed by atoms with E-state index in [1.54, 1.807) is 16.4 Å². The standard InChI is InChI=1S/C20H27N3O2S/c1-15-8-10-17(11-9-15)26(24,25)23-14-6-5-7-19(23)18-12-13-20(22(3)4)21-16(18)2/h8-13,19H,5-7,14H2,1-4H3/t19-/m1/s1. The molecule has 3 rings (SSSR count). The van der Waals surface area contributed by atoms with Gasteiger partial charge in [-0.25, -0.2) is 13.4 Å². The maximum atomic E-state index is 13.3. The highest BCUT2D eigenvalue weighted by Gasteiger charge is 2.35. The van der Waals surface area contributed by atoms with Crippen LogP contribution in [-0.4, -0.2) is 38.3 Å². The Balaban J connectivity index is 1.99. The van der Waals surface area contributed by atoms with Crippen molar-refractivity contribution in [3.8, 4) is 0 Å². The third-order valence-electron chi connectivity index (χ3n) is 5.01. The van der Waals surface area contributed by atoms with Crippen molar-refractivity contribution in [3.05, 3.63) is 53.2 Å². The molecular formula is C20H27N3O2S. The van der Waals surface area contributed by atoms with Crippen LogP contribution in [0.25, 0.3) is 0 Å². The number of hydrogen-bond donors (Lipinski definition) is 0. The van der Waals surface area contributed by atoms with Crippen molar-refractivity contribution >= 4 is 15.8 Å². The summed E-state index contributed by atoms with van der Waals surface area (Å²) in [5.74, 6) is 0.884. The predicted octanol–water partition coefficient (Wildman–Crippen LogP) is 3.68. The van der Waals surface area contributed by atoms with Gasteiger partial charge in [-0.3, -0.25) is 0 Å². The zero-order valence-electron chi connectivity index (χ0n) is 15.9. The van der Waals surface area contributed by atoms with Crippen molar-refractivity contribution in [2.75, 3.05) is 25.5 Å². The Morgan fingerprint density at radius 1 is 1.04 bits per heavy atom. The summed E-state index contributed by atoms with van der Waals surface area (Å²) >= 11 is 0. The van der Waals surface area contributed by atoms with Gasteiger partial charge in [0.15, 0.2) is 0 Å². The molecule has 1 aromatic carbocycles. The van der Waals surface area contributed by atoms with Crippen molar-refractivity contribution < 1.29 is 8.42 Å². The molecule has 5 nitrogen and oxygen atoms in total. The Bertz CT molecular complexity index is 876. The maximum absolute atomic E-state index is 13.3. The number of benzene rings is 1. The molecule has 0 saturated carbocycles. The van der Waals surface area contributed by atoms with Crippen LogP contribution in [-0.2, 0) is 10.0 Å². The molecule has 1 fully saturated rings. The van der Waals surface area contributed by atoms with Crippen LogP contribution in [0.3, 0.4) is 0 Å². The van der Waals surface area contributed by atoms with E-state index in [9.17, 15) is 8.42 Å². The Kier molecular flexibility index (Phi) is 5.34. The molecule has 1 aromatic heterocycles. The summed E-state index contributed by atoms with van der Waals surface area (Å²) in [7, 11) is 0.385. The second-order valence-corrected chi connectivity index (χ2v) is 9.07. The van der Waals surface area contributed by atoms with E-state index < -0.39 is 10.0 Å². The van der Waals surface area contributed by atoms with Gasteiger partial charge in [-0.2, -0.15) is 4.31 Å². The SMILES string of the molecule is Cc1ccc(S(=O)(=O)N2CCCC[C@@H]2c2ccc(N(C)C)nc2C)cc1. The average Bonchev–Trinajstić information content (AvgIpc) is 2.62. The van der Waals surface area contributed by atoms with E-state index in [1.807, 2.05) is 57.1 Å². The molecule has 0 amide bonds. The number of rotatable bonds is 4. The summed E-state index contributed by atoms with van der Waals surface area (Å²) < 4.78 is 28.2. The summed E-state index contributed by atoms with van der Waals surface area (Å²) in [6.45, 7) is 4.48. The number of piperidine rings is 1. The zero-order chi connectivity index (χ0) is 18.9. The molecule has 1 atom stereocenters. The van der Waals surface area contributed by atoms with E-state index in [0.29, 0.717) is 11.4 Å². The van der Waals surface area contributed by atoms with Gasteiger partial charge < -0.3 is 4.90 Å². The molecule has 26 heavy (non-hydrogen) atoms. The molecule has 1 saturated heterocycles. The smallest absolute Gasteiger partial charge is 0.243 e. The zero-order valence-corrected chi connectivity index (χ0v) is 16.8. The van der Waals surface area contributed by atoms with Crippen molar-refractivity contribution in [1.82, 2.24) is 9.29 Å². The second kappa shape index (κ2) is 7.37. The summed E-state index contributed by atoms with van der Waals surface area (Å²) in [6.07, 6.45) is 2.75. The van der Waals surface area contributed by atoms with Crippen LogP contribution in [0.1, 0.15) is 42.1 Å². The minimum Gasteiger partial charge on any atom is -0.363 e. The summed E-state index contributed by atoms with van der Waals surface area (Å²) in [6, 6.07) is 11.0. The number of aromatic nitrogens is 1. The molecule has 0 unspecified atom stereocenters. The Labute approximate surface area is 156 Å². The van der Waals surface area contributed by atoms with Gasteiger partial charge in [0.25, 0.3) is 0 Å². The van der Waals surface area contributed by atoms with Crippen molar-refractivity contribution in [2.45, 2.75) is 44.0 Å². The van der Waals surface area contributed by atoms with Crippen LogP contribution in [0.15, 0.2) is 41.3 Å². The second-order valence-electron chi connectivity index (χ2n) is 7.18. The van der Waals surface area contributed by atoms with E-state index >= 15 is 0 Å². The first-order valence-electron chi connectivity index (χ1n) is 9.04. The average molecular weight is 374 g/mol. The minimum absolute atomic E-state index is 0.154. The van der Waals surface area contributed by atoms with Crippen LogP contribution < -0.4 is 4.90 Å². The number of nitrogens with zero attached hydrogens (tertiary/aromatic N) is 3. The summed E-state index contributed by atoms with van der Waals surface area (Å²) in [4.78, 5) is 6.98. The predicted molar refractivity (Wildman–Crippen MR) is 105 cm³/mol. The third-order valence-corrected chi connectivity index (χ3v) is 6.93. The molecule has 1 aliphatic rings. The molecule has 0 bridgehead atoms. The van der Waals surface area contributed by atoms with Gasteiger partial charge in [-0.15, -0.1) is 0 Å². The third kappa shape index (κ3) is 3.62. The Hall–Kier alpha value is -1.92. The number of sulfonamides is 1. The van der Waals surface area contributed by atoms with Crippen molar-refractivity contribution in [1.29, 1.82) is 0 Å². The lowest BCUT2D eigenvalue weighted by atomic mass is 9.96. The van der Waals surface area contributed by atoms with Gasteiger partial charge >= 0.3 is 0 Å². The van der Waals surface area contributed by atoms with Crippen LogP contribution in [0, 0.1) is 13.8 Å². The topological polar surface area (TPSA) is 53.5 Å². The van der Waals surface area contributed by atoms with E-state index in [1.165, 1.54) is 0 Å². The first-order chi connectivity index (χ1) is 12.3. The monoisotopic (exact) mass is 373 g/mol. The molecule has 2 heterocycles. The molecule has 0 aliphatic carbocycles. The number of aryl methyl sites for hydroxylation is 2. The maximum Gasteiger partial charge on any atom is 0.243 e. The van der Waals surface area contributed by atoms with Gasteiger partial charge in [0.05, 0.1) is 10.9 Å². The molecule has 140 valence electrons. The van der Waals surface area contributed by atoms with E-state index in [2.05, 4.69) is 4.98 Å². The molecule has 2 aromatic rings. The molecule has 0 N–H and O–H groups in total. The van der Waals surface area contributed by atoms with Gasteiger partial charge in [0.1, 0.15) is 5.82 Å². The van der Waals surface area contributed by atoms with Crippen molar-refractivity contribution in [2.24, 2.45) is 0 Å². The highest BCUT2D eigenvalue weighted by molar-refractivity contribution is 7.89. The van der Waals surface area contributed by atoms with Gasteiger partial charge in [-0.1, -0.05) is 30.2 Å².